The second-order valence-corrected chi connectivity index (χ2v) is 6.87. The van der Waals surface area contributed by atoms with Crippen LogP contribution in [0.4, 0.5) is 5.13 Å². The van der Waals surface area contributed by atoms with Crippen molar-refractivity contribution in [1.82, 2.24) is 10.2 Å². The molecule has 0 radical (unpaired) electrons. The van der Waals surface area contributed by atoms with E-state index < -0.39 is 0 Å². The number of hydrogen-bond donors (Lipinski definition) is 1. The molecule has 2 aromatic heterocycles. The molecule has 0 aliphatic heterocycles. The maximum atomic E-state index is 12.4. The second-order valence-electron chi connectivity index (χ2n) is 4.90. The van der Waals surface area contributed by atoms with Crippen molar-refractivity contribution >= 4 is 38.3 Å². The summed E-state index contributed by atoms with van der Waals surface area (Å²) in [6.45, 7) is 3.77. The van der Waals surface area contributed by atoms with Gasteiger partial charge in [0, 0.05) is 10.0 Å². The molecular weight excluding hydrogens is 378 g/mol. The number of furan rings is 1. The number of benzene rings is 1. The van der Waals surface area contributed by atoms with Gasteiger partial charge in [-0.25, -0.2) is 0 Å². The zero-order valence-corrected chi connectivity index (χ0v) is 15.0. The normalized spacial score (nSPS) is 10.7. The number of hydrogen-bond acceptors (Lipinski definition) is 5. The van der Waals surface area contributed by atoms with Crippen LogP contribution < -0.4 is 5.32 Å². The highest BCUT2D eigenvalue weighted by molar-refractivity contribution is 9.10. The third-order valence-corrected chi connectivity index (χ3v) is 4.79. The first-order valence-corrected chi connectivity index (χ1v) is 8.68. The molecular formula is C16H14BrN3O2S. The minimum absolute atomic E-state index is 0.242. The standard InChI is InChI=1S/C16H14BrN3O2S/c1-3-14-19-20-16(23-14)18-15(21)12-8-13(22-9(12)2)10-4-6-11(17)7-5-10/h4-8H,3H2,1-2H3,(H,18,20,21). The van der Waals surface area contributed by atoms with Gasteiger partial charge < -0.3 is 4.42 Å². The zero-order chi connectivity index (χ0) is 16.4. The maximum Gasteiger partial charge on any atom is 0.261 e. The first-order valence-electron chi connectivity index (χ1n) is 7.07. The van der Waals surface area contributed by atoms with Crippen molar-refractivity contribution in [3.63, 3.8) is 0 Å². The number of halogens is 1. The fraction of sp³-hybridized carbons (Fsp3) is 0.188. The summed E-state index contributed by atoms with van der Waals surface area (Å²) >= 11 is 4.78. The molecule has 3 rings (SSSR count). The summed E-state index contributed by atoms with van der Waals surface area (Å²) in [7, 11) is 0. The van der Waals surface area contributed by atoms with Gasteiger partial charge in [0.1, 0.15) is 16.5 Å². The van der Waals surface area contributed by atoms with Gasteiger partial charge in [0.15, 0.2) is 0 Å². The van der Waals surface area contributed by atoms with E-state index in [4.69, 9.17) is 4.42 Å². The predicted octanol–water partition coefficient (Wildman–Crippen LogP) is 4.68. The van der Waals surface area contributed by atoms with E-state index in [1.165, 1.54) is 11.3 Å². The lowest BCUT2D eigenvalue weighted by atomic mass is 10.1. The van der Waals surface area contributed by atoms with Crippen LogP contribution in [-0.2, 0) is 6.42 Å². The Labute approximate surface area is 145 Å². The summed E-state index contributed by atoms with van der Waals surface area (Å²) in [6, 6.07) is 9.47. The number of nitrogens with zero attached hydrogens (tertiary/aromatic N) is 2. The molecule has 118 valence electrons. The molecule has 0 unspecified atom stereocenters. The summed E-state index contributed by atoms with van der Waals surface area (Å²) in [5, 5.41) is 12.1. The molecule has 0 saturated carbocycles. The van der Waals surface area contributed by atoms with E-state index >= 15 is 0 Å². The van der Waals surface area contributed by atoms with Crippen molar-refractivity contribution < 1.29 is 9.21 Å². The summed E-state index contributed by atoms with van der Waals surface area (Å²) in [5.41, 5.74) is 1.41. The Bertz CT molecular complexity index is 839. The minimum atomic E-state index is -0.242. The highest BCUT2D eigenvalue weighted by Crippen LogP contribution is 2.27. The monoisotopic (exact) mass is 391 g/mol. The molecule has 0 spiro atoms. The molecule has 0 aliphatic rings. The number of aryl methyl sites for hydroxylation is 2. The van der Waals surface area contributed by atoms with Gasteiger partial charge in [-0.3, -0.25) is 10.1 Å². The van der Waals surface area contributed by atoms with Gasteiger partial charge in [0.2, 0.25) is 5.13 Å². The lowest BCUT2D eigenvalue weighted by Gasteiger charge is -1.98. The summed E-state index contributed by atoms with van der Waals surface area (Å²) in [6.07, 6.45) is 0.798. The van der Waals surface area contributed by atoms with E-state index in [1.807, 2.05) is 31.2 Å². The Morgan fingerprint density at radius 2 is 2.04 bits per heavy atom. The second kappa shape index (κ2) is 6.64. The van der Waals surface area contributed by atoms with E-state index in [2.05, 4.69) is 31.4 Å². The van der Waals surface area contributed by atoms with Crippen LogP contribution in [0.25, 0.3) is 11.3 Å². The summed E-state index contributed by atoms with van der Waals surface area (Å²) < 4.78 is 6.71. The molecule has 3 aromatic rings. The van der Waals surface area contributed by atoms with Crippen LogP contribution in [0.15, 0.2) is 39.2 Å². The van der Waals surface area contributed by atoms with Gasteiger partial charge in [-0.2, -0.15) is 0 Å². The number of aromatic nitrogens is 2. The molecule has 2 heterocycles. The lowest BCUT2D eigenvalue weighted by molar-refractivity contribution is 0.102. The molecule has 0 aliphatic carbocycles. The Hall–Kier alpha value is -1.99. The number of carbonyl (C=O) groups excluding carboxylic acids is 1. The summed E-state index contributed by atoms with van der Waals surface area (Å²) in [5.74, 6) is 0.987. The Kier molecular flexibility index (Phi) is 4.58. The van der Waals surface area contributed by atoms with Crippen LogP contribution in [0.3, 0.4) is 0 Å². The Morgan fingerprint density at radius 3 is 2.70 bits per heavy atom. The van der Waals surface area contributed by atoms with Crippen molar-refractivity contribution in [1.29, 1.82) is 0 Å². The number of rotatable bonds is 4. The Balaban J connectivity index is 1.82. The third kappa shape index (κ3) is 3.51. The van der Waals surface area contributed by atoms with Crippen molar-refractivity contribution in [3.8, 4) is 11.3 Å². The maximum absolute atomic E-state index is 12.4. The average Bonchev–Trinajstić information content (AvgIpc) is 3.14. The minimum Gasteiger partial charge on any atom is -0.461 e. The smallest absolute Gasteiger partial charge is 0.261 e. The molecule has 5 nitrogen and oxygen atoms in total. The number of anilines is 1. The van der Waals surface area contributed by atoms with Crippen LogP contribution in [0.1, 0.15) is 28.0 Å². The number of carbonyl (C=O) groups is 1. The first-order chi connectivity index (χ1) is 11.1. The summed E-state index contributed by atoms with van der Waals surface area (Å²) in [4.78, 5) is 12.4. The highest BCUT2D eigenvalue weighted by atomic mass is 79.9. The van der Waals surface area contributed by atoms with Crippen molar-refractivity contribution in [3.05, 3.63) is 51.1 Å². The quantitative estimate of drug-likeness (QED) is 0.700. The van der Waals surface area contributed by atoms with E-state index in [0.29, 0.717) is 22.2 Å². The molecule has 1 aromatic carbocycles. The van der Waals surface area contributed by atoms with E-state index in [9.17, 15) is 4.79 Å². The van der Waals surface area contributed by atoms with Crippen LogP contribution in [-0.4, -0.2) is 16.1 Å². The van der Waals surface area contributed by atoms with Crippen LogP contribution in [0.5, 0.6) is 0 Å². The number of nitrogens with one attached hydrogen (secondary N) is 1. The van der Waals surface area contributed by atoms with Crippen LogP contribution in [0, 0.1) is 6.92 Å². The van der Waals surface area contributed by atoms with Gasteiger partial charge in [0.25, 0.3) is 5.91 Å². The molecule has 0 atom stereocenters. The topological polar surface area (TPSA) is 68.0 Å². The van der Waals surface area contributed by atoms with Gasteiger partial charge >= 0.3 is 0 Å². The number of amides is 1. The fourth-order valence-electron chi connectivity index (χ4n) is 2.08. The van der Waals surface area contributed by atoms with Crippen molar-refractivity contribution in [2.24, 2.45) is 0 Å². The third-order valence-electron chi connectivity index (χ3n) is 3.28. The van der Waals surface area contributed by atoms with Gasteiger partial charge in [0.05, 0.1) is 5.56 Å². The molecule has 0 bridgehead atoms. The lowest BCUT2D eigenvalue weighted by Crippen LogP contribution is -2.11. The highest BCUT2D eigenvalue weighted by Gasteiger charge is 2.17. The molecule has 1 N–H and O–H groups in total. The van der Waals surface area contributed by atoms with Crippen molar-refractivity contribution in [2.45, 2.75) is 20.3 Å². The first kappa shape index (κ1) is 15.9. The molecule has 1 amide bonds. The SMILES string of the molecule is CCc1nnc(NC(=O)c2cc(-c3ccc(Br)cc3)oc2C)s1. The van der Waals surface area contributed by atoms with Crippen LogP contribution >= 0.6 is 27.3 Å². The van der Waals surface area contributed by atoms with Crippen LogP contribution in [0.2, 0.25) is 0 Å². The van der Waals surface area contributed by atoms with Gasteiger partial charge in [-0.15, -0.1) is 10.2 Å². The molecule has 0 fully saturated rings. The molecule has 0 saturated heterocycles. The Morgan fingerprint density at radius 1 is 1.30 bits per heavy atom. The van der Waals surface area contributed by atoms with Gasteiger partial charge in [-0.05, 0) is 31.5 Å². The van der Waals surface area contributed by atoms with Crippen molar-refractivity contribution in [2.75, 3.05) is 5.32 Å². The van der Waals surface area contributed by atoms with E-state index in [-0.39, 0.29) is 5.91 Å². The molecule has 23 heavy (non-hydrogen) atoms. The van der Waals surface area contributed by atoms with E-state index in [1.54, 1.807) is 13.0 Å². The fourth-order valence-corrected chi connectivity index (χ4v) is 3.01. The largest absolute Gasteiger partial charge is 0.461 e. The molecule has 7 heteroatoms. The average molecular weight is 392 g/mol. The van der Waals surface area contributed by atoms with Gasteiger partial charge in [-0.1, -0.05) is 46.3 Å². The zero-order valence-electron chi connectivity index (χ0n) is 12.6. The predicted molar refractivity (Wildman–Crippen MR) is 93.8 cm³/mol. The van der Waals surface area contributed by atoms with E-state index in [0.717, 1.165) is 21.5 Å².